The van der Waals surface area contributed by atoms with E-state index >= 15 is 0 Å². The molecule has 0 aromatic rings. The van der Waals surface area contributed by atoms with Crippen LogP contribution in [0.3, 0.4) is 0 Å². The molecule has 0 aliphatic heterocycles. The first-order valence-electron chi connectivity index (χ1n) is 4.57. The van der Waals surface area contributed by atoms with Gasteiger partial charge < -0.3 is 4.74 Å². The molecule has 0 aliphatic carbocycles. The van der Waals surface area contributed by atoms with Gasteiger partial charge in [-0.25, -0.2) is 4.79 Å². The van der Waals surface area contributed by atoms with Gasteiger partial charge in [-0.1, -0.05) is 12.2 Å². The summed E-state index contributed by atoms with van der Waals surface area (Å²) in [5.74, 6) is -0.247. The van der Waals surface area contributed by atoms with Gasteiger partial charge in [-0.15, -0.1) is 0 Å². The van der Waals surface area contributed by atoms with Crippen molar-refractivity contribution in [2.75, 3.05) is 6.61 Å². The van der Waals surface area contributed by atoms with Crippen molar-refractivity contribution in [3.63, 3.8) is 0 Å². The first kappa shape index (κ1) is 12.2. The van der Waals surface area contributed by atoms with E-state index in [1.807, 2.05) is 20.8 Å². The zero-order chi connectivity index (χ0) is 10.4. The van der Waals surface area contributed by atoms with Gasteiger partial charge >= 0.3 is 5.97 Å². The molecular weight excluding hydrogens is 166 g/mol. The average molecular weight is 185 g/mol. The van der Waals surface area contributed by atoms with Gasteiger partial charge in [-0.05, 0) is 27.7 Å². The first-order chi connectivity index (χ1) is 5.99. The highest BCUT2D eigenvalue weighted by molar-refractivity contribution is 5.79. The van der Waals surface area contributed by atoms with Gasteiger partial charge in [-0.3, -0.25) is 5.32 Å². The number of hydrogen-bond donors (Lipinski definition) is 1. The van der Waals surface area contributed by atoms with Crippen LogP contribution in [0.4, 0.5) is 0 Å². The second-order valence-electron chi connectivity index (χ2n) is 3.35. The second-order valence-corrected chi connectivity index (χ2v) is 3.35. The number of carbonyl (C=O) groups excluding carboxylic acids is 1. The lowest BCUT2D eigenvalue weighted by Gasteiger charge is -2.19. The van der Waals surface area contributed by atoms with Crippen molar-refractivity contribution in [3.8, 4) is 0 Å². The number of esters is 1. The summed E-state index contributed by atoms with van der Waals surface area (Å²) in [4.78, 5) is 11.4. The molecule has 3 nitrogen and oxygen atoms in total. The maximum Gasteiger partial charge on any atom is 0.327 e. The van der Waals surface area contributed by atoms with Gasteiger partial charge in [0.05, 0.1) is 6.61 Å². The van der Waals surface area contributed by atoms with Crippen LogP contribution in [0.15, 0.2) is 12.2 Å². The number of hydrogen-bond acceptors (Lipinski definition) is 3. The molecule has 0 saturated carbocycles. The SMILES string of the molecule is C=C(C)C(NC(C)C)C(=O)OCC. The average Bonchev–Trinajstić information content (AvgIpc) is 1.99. The molecule has 0 bridgehead atoms. The van der Waals surface area contributed by atoms with Crippen molar-refractivity contribution in [1.82, 2.24) is 5.32 Å². The number of carbonyl (C=O) groups is 1. The molecule has 0 rings (SSSR count). The van der Waals surface area contributed by atoms with Crippen LogP contribution in [0.2, 0.25) is 0 Å². The van der Waals surface area contributed by atoms with Crippen LogP contribution in [0, 0.1) is 0 Å². The highest BCUT2D eigenvalue weighted by atomic mass is 16.5. The van der Waals surface area contributed by atoms with Gasteiger partial charge in [0.15, 0.2) is 0 Å². The lowest BCUT2D eigenvalue weighted by atomic mass is 10.1. The van der Waals surface area contributed by atoms with E-state index in [0.29, 0.717) is 6.61 Å². The minimum absolute atomic E-state index is 0.242. The van der Waals surface area contributed by atoms with Crippen molar-refractivity contribution >= 4 is 5.97 Å². The van der Waals surface area contributed by atoms with Gasteiger partial charge in [0, 0.05) is 6.04 Å². The van der Waals surface area contributed by atoms with Crippen molar-refractivity contribution in [1.29, 1.82) is 0 Å². The van der Waals surface area contributed by atoms with Crippen LogP contribution < -0.4 is 5.32 Å². The van der Waals surface area contributed by atoms with E-state index < -0.39 is 0 Å². The molecule has 3 heteroatoms. The molecule has 76 valence electrons. The molecule has 0 heterocycles. The fourth-order valence-electron chi connectivity index (χ4n) is 0.970. The van der Waals surface area contributed by atoms with Crippen LogP contribution in [0.1, 0.15) is 27.7 Å². The highest BCUT2D eigenvalue weighted by Crippen LogP contribution is 2.02. The summed E-state index contributed by atoms with van der Waals surface area (Å²) in [5.41, 5.74) is 0.784. The van der Waals surface area contributed by atoms with Crippen LogP contribution in [-0.4, -0.2) is 24.7 Å². The predicted molar refractivity (Wildman–Crippen MR) is 53.5 cm³/mol. The molecular formula is C10H19NO2. The molecule has 0 amide bonds. The van der Waals surface area contributed by atoms with Gasteiger partial charge in [0.25, 0.3) is 0 Å². The Morgan fingerprint density at radius 2 is 2.08 bits per heavy atom. The fraction of sp³-hybridized carbons (Fsp3) is 0.700. The summed E-state index contributed by atoms with van der Waals surface area (Å²) in [6.07, 6.45) is 0. The predicted octanol–water partition coefficient (Wildman–Crippen LogP) is 1.49. The standard InChI is InChI=1S/C10H19NO2/c1-6-13-10(12)9(7(2)3)11-8(4)5/h8-9,11H,2,6H2,1,3-5H3. The molecule has 1 atom stereocenters. The molecule has 0 aromatic carbocycles. The lowest BCUT2D eigenvalue weighted by Crippen LogP contribution is -2.42. The van der Waals surface area contributed by atoms with Crippen LogP contribution >= 0.6 is 0 Å². The third kappa shape index (κ3) is 4.68. The normalized spacial score (nSPS) is 12.7. The van der Waals surface area contributed by atoms with Crippen LogP contribution in [-0.2, 0) is 9.53 Å². The first-order valence-corrected chi connectivity index (χ1v) is 4.57. The van der Waals surface area contributed by atoms with Crippen molar-refractivity contribution in [2.24, 2.45) is 0 Å². The third-order valence-electron chi connectivity index (χ3n) is 1.52. The molecule has 0 aliphatic rings. The molecule has 0 saturated heterocycles. The molecule has 0 fully saturated rings. The fourth-order valence-corrected chi connectivity index (χ4v) is 0.970. The molecule has 13 heavy (non-hydrogen) atoms. The Balaban J connectivity index is 4.24. The Bertz CT molecular complexity index is 187. The number of nitrogens with one attached hydrogen (secondary N) is 1. The van der Waals surface area contributed by atoms with Crippen molar-refractivity contribution in [2.45, 2.75) is 39.8 Å². The summed E-state index contributed by atoms with van der Waals surface area (Å²) in [5, 5.41) is 3.09. The monoisotopic (exact) mass is 185 g/mol. The molecule has 0 aromatic heterocycles. The van der Waals surface area contributed by atoms with Gasteiger partial charge in [0.1, 0.15) is 6.04 Å². The minimum atomic E-state index is -0.375. The van der Waals surface area contributed by atoms with Gasteiger partial charge in [0.2, 0.25) is 0 Å². The quantitative estimate of drug-likeness (QED) is 0.521. The zero-order valence-corrected chi connectivity index (χ0v) is 8.89. The largest absolute Gasteiger partial charge is 0.465 e. The number of ether oxygens (including phenoxy) is 1. The summed E-state index contributed by atoms with van der Waals surface area (Å²) in [6, 6.07) is -0.133. The van der Waals surface area contributed by atoms with E-state index in [-0.39, 0.29) is 18.1 Å². The van der Waals surface area contributed by atoms with Crippen molar-refractivity contribution < 1.29 is 9.53 Å². The highest BCUT2D eigenvalue weighted by Gasteiger charge is 2.20. The molecule has 1 N–H and O–H groups in total. The Hall–Kier alpha value is -0.830. The van der Waals surface area contributed by atoms with Crippen LogP contribution in [0.25, 0.3) is 0 Å². The topological polar surface area (TPSA) is 38.3 Å². The van der Waals surface area contributed by atoms with E-state index in [1.54, 1.807) is 6.92 Å². The van der Waals surface area contributed by atoms with E-state index in [4.69, 9.17) is 4.74 Å². The second kappa shape index (κ2) is 5.75. The third-order valence-corrected chi connectivity index (χ3v) is 1.52. The Morgan fingerprint density at radius 1 is 1.54 bits per heavy atom. The van der Waals surface area contributed by atoms with E-state index in [0.717, 1.165) is 5.57 Å². The van der Waals surface area contributed by atoms with E-state index in [1.165, 1.54) is 0 Å². The lowest BCUT2D eigenvalue weighted by molar-refractivity contribution is -0.144. The maximum absolute atomic E-state index is 11.4. The number of rotatable bonds is 5. The molecule has 1 unspecified atom stereocenters. The van der Waals surface area contributed by atoms with E-state index in [9.17, 15) is 4.79 Å². The van der Waals surface area contributed by atoms with E-state index in [2.05, 4.69) is 11.9 Å². The zero-order valence-electron chi connectivity index (χ0n) is 8.89. The summed E-state index contributed by atoms with van der Waals surface area (Å²) >= 11 is 0. The summed E-state index contributed by atoms with van der Waals surface area (Å²) < 4.78 is 4.90. The Morgan fingerprint density at radius 3 is 2.38 bits per heavy atom. The summed E-state index contributed by atoms with van der Waals surface area (Å²) in [6.45, 7) is 11.7. The van der Waals surface area contributed by atoms with Gasteiger partial charge in [-0.2, -0.15) is 0 Å². The Labute approximate surface area is 80.2 Å². The van der Waals surface area contributed by atoms with Crippen molar-refractivity contribution in [3.05, 3.63) is 12.2 Å². The smallest absolute Gasteiger partial charge is 0.327 e. The maximum atomic E-state index is 11.4. The molecule has 0 spiro atoms. The minimum Gasteiger partial charge on any atom is -0.465 e. The Kier molecular flexibility index (Phi) is 5.39. The van der Waals surface area contributed by atoms with Crippen LogP contribution in [0.5, 0.6) is 0 Å². The summed E-state index contributed by atoms with van der Waals surface area (Å²) in [7, 11) is 0. The molecule has 0 radical (unpaired) electrons.